The van der Waals surface area contributed by atoms with Crippen molar-refractivity contribution in [2.24, 2.45) is 0 Å². The number of anilines is 1. The van der Waals surface area contributed by atoms with Crippen molar-refractivity contribution in [1.29, 1.82) is 0 Å². The van der Waals surface area contributed by atoms with Crippen molar-refractivity contribution in [2.75, 3.05) is 18.5 Å². The van der Waals surface area contributed by atoms with Crippen molar-refractivity contribution in [3.63, 3.8) is 0 Å². The van der Waals surface area contributed by atoms with E-state index in [1.807, 2.05) is 18.2 Å². The lowest BCUT2D eigenvalue weighted by molar-refractivity contribution is 0.0907. The molecule has 1 aliphatic carbocycles. The minimum absolute atomic E-state index is 0.0297. The minimum Gasteiger partial charge on any atom is -0.394 e. The van der Waals surface area contributed by atoms with Crippen LogP contribution in [0.4, 0.5) is 5.69 Å². The highest BCUT2D eigenvalue weighted by Gasteiger charge is 2.43. The van der Waals surface area contributed by atoms with E-state index in [0.29, 0.717) is 5.56 Å². The van der Waals surface area contributed by atoms with Crippen molar-refractivity contribution in [3.05, 3.63) is 29.3 Å². The molecule has 3 rings (SSSR count). The molecule has 2 aliphatic rings. The minimum atomic E-state index is -0.344. The SMILES string of the molecule is O=C(NC1(CO)CC1)c1ccc2c(c1)NCC2. The lowest BCUT2D eigenvalue weighted by Gasteiger charge is -2.14. The lowest BCUT2D eigenvalue weighted by Crippen LogP contribution is -2.39. The second kappa shape index (κ2) is 3.74. The first-order valence-electron chi connectivity index (χ1n) is 6.03. The van der Waals surface area contributed by atoms with E-state index in [1.165, 1.54) is 5.56 Å². The van der Waals surface area contributed by atoms with Gasteiger partial charge in [-0.25, -0.2) is 0 Å². The van der Waals surface area contributed by atoms with Gasteiger partial charge in [0.05, 0.1) is 12.1 Å². The van der Waals surface area contributed by atoms with Gasteiger partial charge in [-0.15, -0.1) is 0 Å². The fourth-order valence-corrected chi connectivity index (χ4v) is 2.22. The number of amides is 1. The van der Waals surface area contributed by atoms with Crippen LogP contribution in [0, 0.1) is 0 Å². The van der Waals surface area contributed by atoms with Crippen LogP contribution in [-0.4, -0.2) is 29.7 Å². The van der Waals surface area contributed by atoms with Gasteiger partial charge in [-0.2, -0.15) is 0 Å². The van der Waals surface area contributed by atoms with Crippen LogP contribution in [0.15, 0.2) is 18.2 Å². The molecule has 0 saturated heterocycles. The van der Waals surface area contributed by atoms with Gasteiger partial charge in [-0.05, 0) is 37.0 Å². The van der Waals surface area contributed by atoms with E-state index in [1.54, 1.807) is 0 Å². The van der Waals surface area contributed by atoms with Gasteiger partial charge in [0, 0.05) is 17.8 Å². The van der Waals surface area contributed by atoms with Gasteiger partial charge >= 0.3 is 0 Å². The fourth-order valence-electron chi connectivity index (χ4n) is 2.22. The molecule has 90 valence electrons. The Morgan fingerprint density at radius 1 is 1.47 bits per heavy atom. The van der Waals surface area contributed by atoms with Crippen molar-refractivity contribution in [2.45, 2.75) is 24.8 Å². The number of aliphatic hydroxyl groups is 1. The molecule has 1 heterocycles. The van der Waals surface area contributed by atoms with E-state index in [-0.39, 0.29) is 18.1 Å². The van der Waals surface area contributed by atoms with Gasteiger partial charge < -0.3 is 15.7 Å². The Bertz CT molecular complexity index is 466. The van der Waals surface area contributed by atoms with Crippen molar-refractivity contribution in [3.8, 4) is 0 Å². The third-order valence-corrected chi connectivity index (χ3v) is 3.62. The van der Waals surface area contributed by atoms with E-state index < -0.39 is 0 Å². The molecule has 0 atom stereocenters. The summed E-state index contributed by atoms with van der Waals surface area (Å²) < 4.78 is 0. The Balaban J connectivity index is 1.78. The molecular formula is C13H16N2O2. The van der Waals surface area contributed by atoms with E-state index >= 15 is 0 Å². The second-order valence-electron chi connectivity index (χ2n) is 4.94. The molecule has 1 amide bonds. The fraction of sp³-hybridized carbons (Fsp3) is 0.462. The number of benzene rings is 1. The summed E-state index contributed by atoms with van der Waals surface area (Å²) in [7, 11) is 0. The van der Waals surface area contributed by atoms with Crippen LogP contribution in [-0.2, 0) is 6.42 Å². The maximum Gasteiger partial charge on any atom is 0.251 e. The Hall–Kier alpha value is -1.55. The molecule has 4 nitrogen and oxygen atoms in total. The van der Waals surface area contributed by atoms with Crippen LogP contribution in [0.25, 0.3) is 0 Å². The number of rotatable bonds is 3. The summed E-state index contributed by atoms with van der Waals surface area (Å²) in [6, 6.07) is 5.75. The van der Waals surface area contributed by atoms with Crippen molar-refractivity contribution in [1.82, 2.24) is 5.32 Å². The lowest BCUT2D eigenvalue weighted by atomic mass is 10.1. The zero-order valence-corrected chi connectivity index (χ0v) is 9.62. The highest BCUT2D eigenvalue weighted by Crippen LogP contribution is 2.35. The zero-order valence-electron chi connectivity index (χ0n) is 9.62. The summed E-state index contributed by atoms with van der Waals surface area (Å²) in [5.74, 6) is -0.0898. The third-order valence-electron chi connectivity index (χ3n) is 3.62. The van der Waals surface area contributed by atoms with Gasteiger partial charge in [0.1, 0.15) is 0 Å². The Morgan fingerprint density at radius 3 is 3.00 bits per heavy atom. The topological polar surface area (TPSA) is 61.4 Å². The molecule has 1 aromatic carbocycles. The van der Waals surface area contributed by atoms with Gasteiger partial charge in [-0.3, -0.25) is 4.79 Å². The van der Waals surface area contributed by atoms with Crippen molar-refractivity contribution < 1.29 is 9.90 Å². The first-order valence-corrected chi connectivity index (χ1v) is 6.03. The predicted octanol–water partition coefficient (Wildman–Crippen LogP) is 0.909. The molecular weight excluding hydrogens is 216 g/mol. The van der Waals surface area contributed by atoms with Gasteiger partial charge in [0.25, 0.3) is 5.91 Å². The summed E-state index contributed by atoms with van der Waals surface area (Å²) in [6.45, 7) is 0.975. The van der Waals surface area contributed by atoms with Gasteiger partial charge in [-0.1, -0.05) is 6.07 Å². The van der Waals surface area contributed by atoms with Crippen LogP contribution >= 0.6 is 0 Å². The summed E-state index contributed by atoms with van der Waals surface area (Å²) in [6.07, 6.45) is 2.77. The molecule has 3 N–H and O–H groups in total. The largest absolute Gasteiger partial charge is 0.394 e. The molecule has 0 radical (unpaired) electrons. The molecule has 4 heteroatoms. The van der Waals surface area contributed by atoms with Gasteiger partial charge in [0.2, 0.25) is 0 Å². The van der Waals surface area contributed by atoms with Crippen LogP contribution < -0.4 is 10.6 Å². The quantitative estimate of drug-likeness (QED) is 0.726. The van der Waals surface area contributed by atoms with Gasteiger partial charge in [0.15, 0.2) is 0 Å². The molecule has 17 heavy (non-hydrogen) atoms. The first-order chi connectivity index (χ1) is 8.22. The predicted molar refractivity (Wildman–Crippen MR) is 65.2 cm³/mol. The monoisotopic (exact) mass is 232 g/mol. The summed E-state index contributed by atoms with van der Waals surface area (Å²) in [4.78, 5) is 12.0. The smallest absolute Gasteiger partial charge is 0.251 e. The van der Waals surface area contributed by atoms with Crippen LogP contribution in [0.2, 0.25) is 0 Å². The molecule has 1 aliphatic heterocycles. The second-order valence-corrected chi connectivity index (χ2v) is 4.94. The average Bonchev–Trinajstić information content (AvgIpc) is 2.96. The number of aliphatic hydroxyl groups excluding tert-OH is 1. The standard InChI is InChI=1S/C13H16N2O2/c16-8-13(4-5-13)15-12(17)10-2-1-9-3-6-14-11(9)7-10/h1-2,7,14,16H,3-6,8H2,(H,15,17). The highest BCUT2D eigenvalue weighted by atomic mass is 16.3. The first kappa shape index (κ1) is 10.6. The Labute approximate surface area is 100 Å². The van der Waals surface area contributed by atoms with Crippen LogP contribution in [0.5, 0.6) is 0 Å². The average molecular weight is 232 g/mol. The Morgan fingerprint density at radius 2 is 2.29 bits per heavy atom. The van der Waals surface area contributed by atoms with E-state index in [4.69, 9.17) is 0 Å². The number of hydrogen-bond donors (Lipinski definition) is 3. The maximum absolute atomic E-state index is 12.0. The van der Waals surface area contributed by atoms with Crippen LogP contribution in [0.3, 0.4) is 0 Å². The van der Waals surface area contributed by atoms with E-state index in [9.17, 15) is 9.90 Å². The summed E-state index contributed by atoms with van der Waals surface area (Å²) in [5.41, 5.74) is 2.65. The molecule has 1 fully saturated rings. The molecule has 0 bridgehead atoms. The van der Waals surface area contributed by atoms with E-state index in [2.05, 4.69) is 10.6 Å². The van der Waals surface area contributed by atoms with Crippen molar-refractivity contribution >= 4 is 11.6 Å². The zero-order chi connectivity index (χ0) is 11.9. The number of carbonyl (C=O) groups excluding carboxylic acids is 1. The highest BCUT2D eigenvalue weighted by molar-refractivity contribution is 5.96. The summed E-state index contributed by atoms with van der Waals surface area (Å²) >= 11 is 0. The number of carbonyl (C=O) groups is 1. The number of fused-ring (bicyclic) bond motifs is 1. The molecule has 0 aromatic heterocycles. The number of nitrogens with one attached hydrogen (secondary N) is 2. The molecule has 0 spiro atoms. The maximum atomic E-state index is 12.0. The molecule has 1 saturated carbocycles. The normalized spacial score (nSPS) is 19.4. The number of hydrogen-bond acceptors (Lipinski definition) is 3. The van der Waals surface area contributed by atoms with Crippen LogP contribution in [0.1, 0.15) is 28.8 Å². The summed E-state index contributed by atoms with van der Waals surface area (Å²) in [5, 5.41) is 15.3. The molecule has 0 unspecified atom stereocenters. The van der Waals surface area contributed by atoms with E-state index in [0.717, 1.165) is 31.5 Å². The third kappa shape index (κ3) is 1.89. The molecule has 1 aromatic rings. The Kier molecular flexibility index (Phi) is 2.33.